The Hall–Kier alpha value is -2.34. The Morgan fingerprint density at radius 2 is 2.00 bits per heavy atom. The summed E-state index contributed by atoms with van der Waals surface area (Å²) in [5.41, 5.74) is 0. The number of hydrogen-bond donors (Lipinski definition) is 0. The molecule has 0 unspecified atom stereocenters. The number of carbonyl (C=O) groups is 1. The molecule has 1 heterocycles. The van der Waals surface area contributed by atoms with Gasteiger partial charge in [0.15, 0.2) is 12.4 Å². The van der Waals surface area contributed by atoms with Crippen LogP contribution in [0.1, 0.15) is 31.5 Å². The summed E-state index contributed by atoms with van der Waals surface area (Å²) in [6.45, 7) is 3.96. The van der Waals surface area contributed by atoms with E-state index >= 15 is 0 Å². The van der Waals surface area contributed by atoms with Crippen LogP contribution in [0.4, 0.5) is 0 Å². The summed E-state index contributed by atoms with van der Waals surface area (Å²) >= 11 is 1.45. The van der Waals surface area contributed by atoms with Crippen molar-refractivity contribution in [1.29, 1.82) is 0 Å². The highest BCUT2D eigenvalue weighted by atomic mass is 32.2. The highest BCUT2D eigenvalue weighted by molar-refractivity contribution is 8.00. The largest absolute Gasteiger partial charge is 0.455 e. The average molecular weight is 342 g/mol. The first-order valence-corrected chi connectivity index (χ1v) is 8.70. The Balaban J connectivity index is 1.50. The molecule has 0 aliphatic heterocycles. The van der Waals surface area contributed by atoms with Gasteiger partial charge in [-0.3, -0.25) is 4.79 Å². The lowest BCUT2D eigenvalue weighted by atomic mass is 10.1. The summed E-state index contributed by atoms with van der Waals surface area (Å²) in [6.07, 6.45) is 0. The monoisotopic (exact) mass is 342 g/mol. The van der Waals surface area contributed by atoms with E-state index in [0.717, 1.165) is 10.3 Å². The maximum absolute atomic E-state index is 11.9. The first-order valence-electron chi connectivity index (χ1n) is 7.71. The molecule has 0 saturated heterocycles. The maximum Gasteiger partial charge on any atom is 0.316 e. The number of carbonyl (C=O) groups excluding carboxylic acids is 1. The molecule has 0 spiro atoms. The molecule has 0 aliphatic carbocycles. The van der Waals surface area contributed by atoms with Gasteiger partial charge in [0.2, 0.25) is 0 Å². The predicted octanol–water partition coefficient (Wildman–Crippen LogP) is 4.18. The summed E-state index contributed by atoms with van der Waals surface area (Å²) in [5, 5.41) is 6.17. The van der Waals surface area contributed by atoms with Crippen molar-refractivity contribution in [1.82, 2.24) is 10.1 Å². The minimum atomic E-state index is -0.308. The molecular weight excluding hydrogens is 324 g/mol. The summed E-state index contributed by atoms with van der Waals surface area (Å²) in [5.74, 6) is 1.05. The van der Waals surface area contributed by atoms with Gasteiger partial charge >= 0.3 is 5.97 Å². The lowest BCUT2D eigenvalue weighted by Gasteiger charge is -2.04. The number of nitrogens with zero attached hydrogens (tertiary/aromatic N) is 2. The van der Waals surface area contributed by atoms with Gasteiger partial charge in [-0.05, 0) is 22.9 Å². The zero-order valence-corrected chi connectivity index (χ0v) is 14.4. The molecule has 0 radical (unpaired) electrons. The van der Waals surface area contributed by atoms with E-state index in [0.29, 0.717) is 11.7 Å². The lowest BCUT2D eigenvalue weighted by molar-refractivity contribution is -0.142. The van der Waals surface area contributed by atoms with Crippen LogP contribution in [0.3, 0.4) is 0 Å². The summed E-state index contributed by atoms with van der Waals surface area (Å²) < 4.78 is 10.2. The van der Waals surface area contributed by atoms with Crippen molar-refractivity contribution in [2.45, 2.75) is 31.3 Å². The number of esters is 1. The summed E-state index contributed by atoms with van der Waals surface area (Å²) in [4.78, 5) is 17.1. The molecule has 6 heteroatoms. The van der Waals surface area contributed by atoms with Gasteiger partial charge in [-0.15, -0.1) is 11.8 Å². The van der Waals surface area contributed by atoms with Gasteiger partial charge in [0, 0.05) is 10.8 Å². The first-order chi connectivity index (χ1) is 11.6. The third-order valence-corrected chi connectivity index (χ3v) is 4.40. The minimum absolute atomic E-state index is 0.0107. The number of fused-ring (bicyclic) bond motifs is 1. The second-order valence-electron chi connectivity index (χ2n) is 5.66. The van der Waals surface area contributed by atoms with Crippen molar-refractivity contribution in [2.24, 2.45) is 0 Å². The fourth-order valence-corrected chi connectivity index (χ4v) is 2.89. The molecule has 0 N–H and O–H groups in total. The Morgan fingerprint density at radius 3 is 2.75 bits per heavy atom. The SMILES string of the molecule is CC(C)c1noc(COC(=O)CSc2ccc3ccccc3c2)n1. The van der Waals surface area contributed by atoms with Crippen molar-refractivity contribution < 1.29 is 14.1 Å². The van der Waals surface area contributed by atoms with Gasteiger partial charge in [0.05, 0.1) is 5.75 Å². The van der Waals surface area contributed by atoms with Gasteiger partial charge < -0.3 is 9.26 Å². The second-order valence-corrected chi connectivity index (χ2v) is 6.71. The Kier molecular flexibility index (Phi) is 5.15. The molecule has 1 aromatic heterocycles. The third-order valence-electron chi connectivity index (χ3n) is 3.43. The molecule has 0 fully saturated rings. The maximum atomic E-state index is 11.9. The van der Waals surface area contributed by atoms with E-state index in [2.05, 4.69) is 34.4 Å². The molecule has 24 heavy (non-hydrogen) atoms. The van der Waals surface area contributed by atoms with E-state index in [4.69, 9.17) is 9.26 Å². The van der Waals surface area contributed by atoms with Gasteiger partial charge in [-0.25, -0.2) is 0 Å². The quantitative estimate of drug-likeness (QED) is 0.494. The van der Waals surface area contributed by atoms with Gasteiger partial charge in [0.25, 0.3) is 5.89 Å². The number of rotatable bonds is 6. The van der Waals surface area contributed by atoms with Crippen molar-refractivity contribution in [2.75, 3.05) is 5.75 Å². The smallest absolute Gasteiger partial charge is 0.316 e. The number of ether oxygens (including phenoxy) is 1. The molecular formula is C18H18N2O3S. The van der Waals surface area contributed by atoms with Crippen LogP contribution in [0.15, 0.2) is 51.9 Å². The van der Waals surface area contributed by atoms with Gasteiger partial charge in [-0.2, -0.15) is 4.98 Å². The number of thioether (sulfide) groups is 1. The van der Waals surface area contributed by atoms with Gasteiger partial charge in [0.1, 0.15) is 0 Å². The second kappa shape index (κ2) is 7.49. The molecule has 0 bridgehead atoms. The van der Waals surface area contributed by atoms with Gasteiger partial charge in [-0.1, -0.05) is 49.3 Å². The minimum Gasteiger partial charge on any atom is -0.455 e. The van der Waals surface area contributed by atoms with Crippen LogP contribution < -0.4 is 0 Å². The molecule has 3 aromatic rings. The summed E-state index contributed by atoms with van der Waals surface area (Å²) in [6, 6.07) is 14.3. The normalized spacial score (nSPS) is 11.1. The molecule has 0 amide bonds. The van der Waals surface area contributed by atoms with E-state index in [-0.39, 0.29) is 24.2 Å². The number of aromatic nitrogens is 2. The summed E-state index contributed by atoms with van der Waals surface area (Å²) in [7, 11) is 0. The average Bonchev–Trinajstić information content (AvgIpc) is 3.07. The highest BCUT2D eigenvalue weighted by Gasteiger charge is 2.12. The van der Waals surface area contributed by atoms with Crippen LogP contribution in [-0.2, 0) is 16.1 Å². The van der Waals surface area contributed by atoms with Crippen LogP contribution in [0.25, 0.3) is 10.8 Å². The van der Waals surface area contributed by atoms with Crippen molar-refractivity contribution >= 4 is 28.5 Å². The Labute approximate surface area is 144 Å². The molecule has 0 atom stereocenters. The van der Waals surface area contributed by atoms with Crippen molar-refractivity contribution in [3.05, 3.63) is 54.2 Å². The zero-order valence-electron chi connectivity index (χ0n) is 13.6. The van der Waals surface area contributed by atoms with E-state index < -0.39 is 0 Å². The van der Waals surface area contributed by atoms with Crippen LogP contribution in [-0.4, -0.2) is 21.9 Å². The first kappa shape index (κ1) is 16.5. The predicted molar refractivity (Wildman–Crippen MR) is 92.9 cm³/mol. The molecule has 2 aromatic carbocycles. The fraction of sp³-hybridized carbons (Fsp3) is 0.278. The highest BCUT2D eigenvalue weighted by Crippen LogP contribution is 2.23. The number of hydrogen-bond acceptors (Lipinski definition) is 6. The molecule has 124 valence electrons. The Bertz CT molecular complexity index is 845. The molecule has 5 nitrogen and oxygen atoms in total. The van der Waals surface area contributed by atoms with E-state index in [1.807, 2.05) is 32.0 Å². The van der Waals surface area contributed by atoms with Crippen LogP contribution in [0.5, 0.6) is 0 Å². The Morgan fingerprint density at radius 1 is 1.21 bits per heavy atom. The van der Waals surface area contributed by atoms with Crippen LogP contribution in [0.2, 0.25) is 0 Å². The third kappa shape index (κ3) is 4.14. The van der Waals surface area contributed by atoms with Crippen LogP contribution >= 0.6 is 11.8 Å². The van der Waals surface area contributed by atoms with E-state index in [1.165, 1.54) is 17.1 Å². The molecule has 0 saturated carbocycles. The number of benzene rings is 2. The lowest BCUT2D eigenvalue weighted by Crippen LogP contribution is -2.07. The van der Waals surface area contributed by atoms with Crippen molar-refractivity contribution in [3.63, 3.8) is 0 Å². The van der Waals surface area contributed by atoms with Crippen molar-refractivity contribution in [3.8, 4) is 0 Å². The standard InChI is InChI=1S/C18H18N2O3S/c1-12(2)18-19-16(23-20-18)10-22-17(21)11-24-15-8-7-13-5-3-4-6-14(13)9-15/h3-9,12H,10-11H2,1-2H3. The molecule has 3 rings (SSSR count). The van der Waals surface area contributed by atoms with E-state index in [9.17, 15) is 4.79 Å². The zero-order chi connectivity index (χ0) is 16.9. The molecule has 0 aliphatic rings. The van der Waals surface area contributed by atoms with Crippen LogP contribution in [0, 0.1) is 0 Å². The topological polar surface area (TPSA) is 65.2 Å². The fourth-order valence-electron chi connectivity index (χ4n) is 2.14. The van der Waals surface area contributed by atoms with E-state index in [1.54, 1.807) is 0 Å².